The van der Waals surface area contributed by atoms with E-state index in [9.17, 15) is 4.79 Å². The van der Waals surface area contributed by atoms with Crippen molar-refractivity contribution in [3.8, 4) is 0 Å². The summed E-state index contributed by atoms with van der Waals surface area (Å²) < 4.78 is 0. The minimum Gasteiger partial charge on any atom is -0.351 e. The zero-order valence-corrected chi connectivity index (χ0v) is 11.8. The minimum atomic E-state index is -0.0407. The smallest absolute Gasteiger partial charge is 0.251 e. The molecule has 106 valence electrons. The zero-order valence-electron chi connectivity index (χ0n) is 11.8. The first kappa shape index (κ1) is 14.3. The van der Waals surface area contributed by atoms with E-state index in [-0.39, 0.29) is 11.9 Å². The highest BCUT2D eigenvalue weighted by molar-refractivity contribution is 5.94. The van der Waals surface area contributed by atoms with Crippen LogP contribution in [-0.4, -0.2) is 29.2 Å². The highest BCUT2D eigenvalue weighted by Crippen LogP contribution is 2.06. The summed E-state index contributed by atoms with van der Waals surface area (Å²) in [5, 5.41) is 13.0. The Kier molecular flexibility index (Phi) is 4.90. The first-order chi connectivity index (χ1) is 9.66. The third kappa shape index (κ3) is 3.93. The molecule has 0 radical (unpaired) electrons. The van der Waals surface area contributed by atoms with Gasteiger partial charge in [-0.25, -0.2) is 0 Å². The lowest BCUT2D eigenvalue weighted by atomic mass is 10.1. The van der Waals surface area contributed by atoms with Crippen LogP contribution in [0.2, 0.25) is 0 Å². The number of aromatic amines is 1. The monoisotopic (exact) mass is 272 g/mol. The summed E-state index contributed by atoms with van der Waals surface area (Å²) in [6.07, 6.45) is 1.73. The normalized spacial score (nSPS) is 12.1. The summed E-state index contributed by atoms with van der Waals surface area (Å²) in [6, 6.07) is 9.67. The van der Waals surface area contributed by atoms with E-state index >= 15 is 0 Å². The molecule has 0 fully saturated rings. The Labute approximate surface area is 118 Å². The van der Waals surface area contributed by atoms with Gasteiger partial charge in [-0.1, -0.05) is 17.7 Å². The molecule has 1 aromatic heterocycles. The van der Waals surface area contributed by atoms with Gasteiger partial charge >= 0.3 is 0 Å². The summed E-state index contributed by atoms with van der Waals surface area (Å²) in [4.78, 5) is 11.9. The molecule has 0 aliphatic heterocycles. The van der Waals surface area contributed by atoms with Gasteiger partial charge in [-0.2, -0.15) is 5.10 Å². The summed E-state index contributed by atoms with van der Waals surface area (Å²) in [7, 11) is 0. The van der Waals surface area contributed by atoms with E-state index in [0.29, 0.717) is 18.7 Å². The molecule has 0 aliphatic rings. The average Bonchev–Trinajstić information content (AvgIpc) is 2.98. The quantitative estimate of drug-likeness (QED) is 0.702. The molecule has 1 atom stereocenters. The van der Waals surface area contributed by atoms with Crippen molar-refractivity contribution in [2.75, 3.05) is 13.1 Å². The second kappa shape index (κ2) is 6.86. The van der Waals surface area contributed by atoms with Crippen LogP contribution in [0.1, 0.15) is 34.6 Å². The second-order valence-electron chi connectivity index (χ2n) is 4.81. The molecule has 2 rings (SSSR count). The molecule has 1 aromatic carbocycles. The number of aryl methyl sites for hydroxylation is 1. The molecule has 3 N–H and O–H groups in total. The van der Waals surface area contributed by atoms with Crippen LogP contribution in [0, 0.1) is 6.92 Å². The van der Waals surface area contributed by atoms with Gasteiger partial charge in [0.1, 0.15) is 0 Å². The third-order valence-electron chi connectivity index (χ3n) is 3.16. The van der Waals surface area contributed by atoms with Crippen molar-refractivity contribution < 1.29 is 4.79 Å². The van der Waals surface area contributed by atoms with E-state index in [1.54, 1.807) is 6.20 Å². The molecule has 5 heteroatoms. The molecule has 1 unspecified atom stereocenters. The van der Waals surface area contributed by atoms with Gasteiger partial charge < -0.3 is 10.6 Å². The Balaban J connectivity index is 1.70. The van der Waals surface area contributed by atoms with Crippen molar-refractivity contribution in [2.24, 2.45) is 0 Å². The molecule has 0 saturated carbocycles. The number of hydrogen-bond donors (Lipinski definition) is 3. The van der Waals surface area contributed by atoms with Crippen molar-refractivity contribution in [2.45, 2.75) is 19.9 Å². The van der Waals surface area contributed by atoms with Crippen LogP contribution in [0.15, 0.2) is 36.5 Å². The predicted molar refractivity (Wildman–Crippen MR) is 78.5 cm³/mol. The summed E-state index contributed by atoms with van der Waals surface area (Å²) >= 11 is 0. The molecule has 2 aromatic rings. The number of aromatic nitrogens is 2. The fraction of sp³-hybridized carbons (Fsp3) is 0.333. The van der Waals surface area contributed by atoms with Gasteiger partial charge in [0, 0.05) is 30.9 Å². The Morgan fingerprint density at radius 3 is 2.65 bits per heavy atom. The second-order valence-corrected chi connectivity index (χ2v) is 4.81. The molecule has 20 heavy (non-hydrogen) atoms. The van der Waals surface area contributed by atoms with Crippen LogP contribution in [0.25, 0.3) is 0 Å². The van der Waals surface area contributed by atoms with Crippen molar-refractivity contribution in [1.29, 1.82) is 0 Å². The number of rotatable bonds is 6. The van der Waals surface area contributed by atoms with E-state index in [1.165, 1.54) is 0 Å². The Morgan fingerprint density at radius 2 is 2.00 bits per heavy atom. The van der Waals surface area contributed by atoms with Gasteiger partial charge in [-0.15, -0.1) is 0 Å². The lowest BCUT2D eigenvalue weighted by molar-refractivity contribution is 0.0953. The standard InChI is InChI=1S/C15H20N4O/c1-11-3-5-13(6-4-11)15(20)17-10-9-16-12(2)14-7-8-18-19-14/h3-8,12,16H,9-10H2,1-2H3,(H,17,20)(H,18,19). The van der Waals surface area contributed by atoms with E-state index in [0.717, 1.165) is 11.3 Å². The van der Waals surface area contributed by atoms with E-state index in [1.807, 2.05) is 37.3 Å². The number of nitrogens with one attached hydrogen (secondary N) is 3. The van der Waals surface area contributed by atoms with E-state index in [4.69, 9.17) is 0 Å². The highest BCUT2D eigenvalue weighted by atomic mass is 16.1. The lowest BCUT2D eigenvalue weighted by Gasteiger charge is -2.12. The number of hydrogen-bond acceptors (Lipinski definition) is 3. The van der Waals surface area contributed by atoms with Gasteiger partial charge in [-0.05, 0) is 32.0 Å². The molecular formula is C15H20N4O. The molecule has 5 nitrogen and oxygen atoms in total. The molecule has 1 heterocycles. The first-order valence-corrected chi connectivity index (χ1v) is 6.74. The lowest BCUT2D eigenvalue weighted by Crippen LogP contribution is -2.33. The number of nitrogens with zero attached hydrogens (tertiary/aromatic N) is 1. The van der Waals surface area contributed by atoms with Gasteiger partial charge in [0.25, 0.3) is 5.91 Å². The van der Waals surface area contributed by atoms with Crippen LogP contribution >= 0.6 is 0 Å². The van der Waals surface area contributed by atoms with Crippen molar-refractivity contribution in [3.05, 3.63) is 53.3 Å². The SMILES string of the molecule is Cc1ccc(C(=O)NCCNC(C)c2ccn[nH]2)cc1. The Morgan fingerprint density at radius 1 is 1.25 bits per heavy atom. The van der Waals surface area contributed by atoms with Gasteiger partial charge in [-0.3, -0.25) is 9.89 Å². The zero-order chi connectivity index (χ0) is 14.4. The van der Waals surface area contributed by atoms with Crippen molar-refractivity contribution in [1.82, 2.24) is 20.8 Å². The van der Waals surface area contributed by atoms with Crippen LogP contribution in [0.5, 0.6) is 0 Å². The largest absolute Gasteiger partial charge is 0.351 e. The highest BCUT2D eigenvalue weighted by Gasteiger charge is 2.06. The van der Waals surface area contributed by atoms with Gasteiger partial charge in [0.2, 0.25) is 0 Å². The fourth-order valence-electron chi connectivity index (χ4n) is 1.89. The molecular weight excluding hydrogens is 252 g/mol. The van der Waals surface area contributed by atoms with E-state index in [2.05, 4.69) is 27.8 Å². The summed E-state index contributed by atoms with van der Waals surface area (Å²) in [5.74, 6) is -0.0407. The molecule has 0 bridgehead atoms. The maximum atomic E-state index is 11.9. The topological polar surface area (TPSA) is 69.8 Å². The predicted octanol–water partition coefficient (Wildman–Crippen LogP) is 1.80. The van der Waals surface area contributed by atoms with Crippen molar-refractivity contribution >= 4 is 5.91 Å². The van der Waals surface area contributed by atoms with Crippen LogP contribution < -0.4 is 10.6 Å². The van der Waals surface area contributed by atoms with Crippen LogP contribution in [-0.2, 0) is 0 Å². The maximum Gasteiger partial charge on any atom is 0.251 e. The number of amides is 1. The number of carbonyl (C=O) groups excluding carboxylic acids is 1. The van der Waals surface area contributed by atoms with Crippen molar-refractivity contribution in [3.63, 3.8) is 0 Å². The van der Waals surface area contributed by atoms with Gasteiger partial charge in [0.05, 0.1) is 5.69 Å². The van der Waals surface area contributed by atoms with E-state index < -0.39 is 0 Å². The molecule has 1 amide bonds. The number of H-pyrrole nitrogens is 1. The molecule has 0 spiro atoms. The third-order valence-corrected chi connectivity index (χ3v) is 3.16. The van der Waals surface area contributed by atoms with Crippen LogP contribution in [0.4, 0.5) is 0 Å². The average molecular weight is 272 g/mol. The maximum absolute atomic E-state index is 11.9. The van der Waals surface area contributed by atoms with Crippen LogP contribution in [0.3, 0.4) is 0 Å². The Hall–Kier alpha value is -2.14. The number of benzene rings is 1. The van der Waals surface area contributed by atoms with Gasteiger partial charge in [0.15, 0.2) is 0 Å². The fourth-order valence-corrected chi connectivity index (χ4v) is 1.89. The number of carbonyl (C=O) groups is 1. The molecule has 0 aliphatic carbocycles. The molecule has 0 saturated heterocycles. The minimum absolute atomic E-state index is 0.0407. The first-order valence-electron chi connectivity index (χ1n) is 6.74. The summed E-state index contributed by atoms with van der Waals surface area (Å²) in [5.41, 5.74) is 2.88. The summed E-state index contributed by atoms with van der Waals surface area (Å²) in [6.45, 7) is 5.35. The Bertz CT molecular complexity index is 534.